The number of aromatic amines is 1. The Balaban J connectivity index is 1.38. The summed E-state index contributed by atoms with van der Waals surface area (Å²) in [5, 5.41) is 7.03. The summed E-state index contributed by atoms with van der Waals surface area (Å²) in [6, 6.07) is 9.49. The summed E-state index contributed by atoms with van der Waals surface area (Å²) in [6.45, 7) is 4.22. The van der Waals surface area contributed by atoms with Crippen LogP contribution in [0.1, 0.15) is 38.2 Å². The van der Waals surface area contributed by atoms with Crippen LogP contribution in [0.25, 0.3) is 10.9 Å². The fourth-order valence-electron chi connectivity index (χ4n) is 5.40. The highest BCUT2D eigenvalue weighted by atomic mass is 19.3. The van der Waals surface area contributed by atoms with Gasteiger partial charge in [-0.15, -0.1) is 0 Å². The van der Waals surface area contributed by atoms with E-state index in [0.717, 1.165) is 11.1 Å². The summed E-state index contributed by atoms with van der Waals surface area (Å²) in [5.74, 6) is -2.13. The molecule has 1 aliphatic heterocycles. The lowest BCUT2D eigenvalue weighted by molar-refractivity contribution is -0.0374. The number of rotatable bonds is 6. The minimum atomic E-state index is -2.64. The average molecular weight is 573 g/mol. The minimum Gasteiger partial charge on any atom is -0.497 e. The van der Waals surface area contributed by atoms with E-state index < -0.39 is 23.0 Å². The van der Waals surface area contributed by atoms with E-state index in [4.69, 9.17) is 9.73 Å². The molecular weight excluding hydrogens is 537 g/mol. The van der Waals surface area contributed by atoms with Crippen LogP contribution in [0, 0.1) is 5.82 Å². The molecule has 0 radical (unpaired) electrons. The van der Waals surface area contributed by atoms with Crippen molar-refractivity contribution in [1.82, 2.24) is 19.8 Å². The molecule has 41 heavy (non-hydrogen) atoms. The highest BCUT2D eigenvalue weighted by molar-refractivity contribution is 5.96. The second-order valence-electron chi connectivity index (χ2n) is 10.8. The van der Waals surface area contributed by atoms with E-state index in [1.807, 2.05) is 0 Å². The van der Waals surface area contributed by atoms with Gasteiger partial charge in [0.2, 0.25) is 5.92 Å². The van der Waals surface area contributed by atoms with Crippen molar-refractivity contribution in [1.29, 1.82) is 0 Å². The number of guanidine groups is 1. The maximum absolute atomic E-state index is 14.4. The molecule has 5 rings (SSSR count). The van der Waals surface area contributed by atoms with Gasteiger partial charge in [0.15, 0.2) is 5.96 Å². The van der Waals surface area contributed by atoms with Gasteiger partial charge in [0.05, 0.1) is 24.1 Å². The molecule has 9 nitrogen and oxygen atoms in total. The van der Waals surface area contributed by atoms with Crippen LogP contribution < -0.4 is 26.6 Å². The van der Waals surface area contributed by atoms with Gasteiger partial charge < -0.3 is 25.3 Å². The number of fused-ring (bicyclic) bond motifs is 1. The van der Waals surface area contributed by atoms with Crippen molar-refractivity contribution in [2.75, 3.05) is 32.1 Å². The molecule has 1 aromatic heterocycles. The maximum Gasteiger partial charge on any atom is 0.328 e. The summed E-state index contributed by atoms with van der Waals surface area (Å²) in [4.78, 5) is 35.8. The molecule has 1 saturated heterocycles. The Morgan fingerprint density at radius 1 is 1.17 bits per heavy atom. The summed E-state index contributed by atoms with van der Waals surface area (Å²) >= 11 is 0. The van der Waals surface area contributed by atoms with Gasteiger partial charge in [-0.3, -0.25) is 9.36 Å². The third kappa shape index (κ3) is 6.75. The van der Waals surface area contributed by atoms with Crippen LogP contribution >= 0.6 is 0 Å². The molecule has 0 bridgehead atoms. The maximum atomic E-state index is 14.4. The first-order chi connectivity index (χ1) is 19.6. The SMILES string of the molecule is COc1ccc(CCn2c(=O)[nH]c3cc(NC(=NC4CCC(F)(F)CC4)N4CCNC(C)C4)ccc3c2=O)c(F)c1. The van der Waals surface area contributed by atoms with Gasteiger partial charge in [-0.1, -0.05) is 6.07 Å². The van der Waals surface area contributed by atoms with Gasteiger partial charge in [0.1, 0.15) is 11.6 Å². The zero-order valence-corrected chi connectivity index (χ0v) is 23.2. The third-order valence-corrected chi connectivity index (χ3v) is 7.76. The molecule has 2 aromatic carbocycles. The molecule has 2 aliphatic rings. The molecule has 1 saturated carbocycles. The quantitative estimate of drug-likeness (QED) is 0.307. The normalized spacial score (nSPS) is 19.9. The fraction of sp³-hybridized carbons (Fsp3) is 0.483. The molecule has 0 spiro atoms. The zero-order valence-electron chi connectivity index (χ0n) is 23.2. The molecule has 1 aliphatic carbocycles. The van der Waals surface area contributed by atoms with Gasteiger partial charge in [-0.05, 0) is 56.0 Å². The average Bonchev–Trinajstić information content (AvgIpc) is 2.94. The van der Waals surface area contributed by atoms with Crippen molar-refractivity contribution < 1.29 is 17.9 Å². The van der Waals surface area contributed by atoms with E-state index in [1.165, 1.54) is 13.2 Å². The van der Waals surface area contributed by atoms with Crippen LogP contribution in [-0.2, 0) is 13.0 Å². The number of aliphatic imine (C=N–C) groups is 1. The number of ether oxygens (including phenoxy) is 1. The van der Waals surface area contributed by atoms with Crippen LogP contribution in [0.2, 0.25) is 0 Å². The molecule has 1 atom stereocenters. The highest BCUT2D eigenvalue weighted by Crippen LogP contribution is 2.34. The van der Waals surface area contributed by atoms with Crippen molar-refractivity contribution in [3.05, 3.63) is 68.6 Å². The van der Waals surface area contributed by atoms with Crippen molar-refractivity contribution in [3.63, 3.8) is 0 Å². The lowest BCUT2D eigenvalue weighted by Gasteiger charge is -2.35. The zero-order chi connectivity index (χ0) is 29.1. The van der Waals surface area contributed by atoms with Crippen molar-refractivity contribution in [3.8, 4) is 5.75 Å². The monoisotopic (exact) mass is 572 g/mol. The van der Waals surface area contributed by atoms with E-state index in [1.54, 1.807) is 30.3 Å². The topological polar surface area (TPSA) is 104 Å². The van der Waals surface area contributed by atoms with Crippen molar-refractivity contribution in [2.24, 2.45) is 4.99 Å². The molecule has 220 valence electrons. The van der Waals surface area contributed by atoms with Crippen molar-refractivity contribution in [2.45, 2.75) is 63.6 Å². The molecule has 12 heteroatoms. The van der Waals surface area contributed by atoms with Crippen LogP contribution in [0.3, 0.4) is 0 Å². The third-order valence-electron chi connectivity index (χ3n) is 7.76. The first-order valence-corrected chi connectivity index (χ1v) is 13.9. The Morgan fingerprint density at radius 2 is 1.95 bits per heavy atom. The number of alkyl halides is 2. The number of anilines is 1. The number of piperazine rings is 1. The smallest absolute Gasteiger partial charge is 0.328 e. The number of halogens is 3. The number of aromatic nitrogens is 2. The summed E-state index contributed by atoms with van der Waals surface area (Å²) in [6.07, 6.45) is 0.414. The van der Waals surface area contributed by atoms with Crippen LogP contribution in [0.4, 0.5) is 18.9 Å². The van der Waals surface area contributed by atoms with Crippen molar-refractivity contribution >= 4 is 22.5 Å². The number of hydrogen-bond acceptors (Lipinski definition) is 5. The van der Waals surface area contributed by atoms with E-state index in [2.05, 4.69) is 27.4 Å². The highest BCUT2D eigenvalue weighted by Gasteiger charge is 2.35. The molecule has 3 N–H and O–H groups in total. The van der Waals surface area contributed by atoms with Gasteiger partial charge in [0, 0.05) is 56.8 Å². The Kier molecular flexibility index (Phi) is 8.39. The van der Waals surface area contributed by atoms with E-state index in [9.17, 15) is 22.8 Å². The molecule has 0 amide bonds. The van der Waals surface area contributed by atoms with E-state index >= 15 is 0 Å². The van der Waals surface area contributed by atoms with Gasteiger partial charge in [-0.25, -0.2) is 23.0 Å². The summed E-state index contributed by atoms with van der Waals surface area (Å²) in [5.41, 5.74) is 0.255. The number of nitrogens with one attached hydrogen (secondary N) is 3. The van der Waals surface area contributed by atoms with Crippen LogP contribution in [0.5, 0.6) is 5.75 Å². The van der Waals surface area contributed by atoms with Gasteiger partial charge in [0.25, 0.3) is 5.56 Å². The largest absolute Gasteiger partial charge is 0.497 e. The standard InChI is InChI=1S/C29H35F3N6O3/c1-18-17-37(14-12-33-18)27(34-20-7-10-29(31,32)11-8-20)35-21-4-6-23-25(15-21)36-28(40)38(26(23)39)13-9-19-3-5-22(41-2)16-24(19)30/h3-6,15-16,18,20,33H,7-14,17H2,1-2H3,(H,34,35)(H,36,40). The van der Waals surface area contributed by atoms with Crippen LogP contribution in [-0.4, -0.2) is 65.2 Å². The molecule has 1 unspecified atom stereocenters. The number of hydrogen-bond donors (Lipinski definition) is 3. The van der Waals surface area contributed by atoms with Crippen LogP contribution in [0.15, 0.2) is 51.0 Å². The Hall–Kier alpha value is -3.80. The predicted molar refractivity (Wildman–Crippen MR) is 153 cm³/mol. The molecular formula is C29H35F3N6O3. The second-order valence-corrected chi connectivity index (χ2v) is 10.8. The number of aryl methyl sites for hydroxylation is 1. The van der Waals surface area contributed by atoms with E-state index in [0.29, 0.717) is 59.8 Å². The summed E-state index contributed by atoms with van der Waals surface area (Å²) in [7, 11) is 1.45. The second kappa shape index (κ2) is 12.0. The predicted octanol–water partition coefficient (Wildman–Crippen LogP) is 3.72. The minimum absolute atomic E-state index is 0.00573. The lowest BCUT2D eigenvalue weighted by Crippen LogP contribution is -2.53. The Bertz CT molecular complexity index is 1540. The first-order valence-electron chi connectivity index (χ1n) is 13.9. The lowest BCUT2D eigenvalue weighted by atomic mass is 9.93. The Labute approximate surface area is 235 Å². The van der Waals surface area contributed by atoms with E-state index in [-0.39, 0.29) is 37.9 Å². The number of H-pyrrole nitrogens is 1. The van der Waals surface area contributed by atoms with Gasteiger partial charge in [-0.2, -0.15) is 0 Å². The molecule has 2 fully saturated rings. The molecule has 3 aromatic rings. The Morgan fingerprint density at radius 3 is 2.66 bits per heavy atom. The fourth-order valence-corrected chi connectivity index (χ4v) is 5.40. The number of nitrogens with zero attached hydrogens (tertiary/aromatic N) is 3. The first kappa shape index (κ1) is 28.7. The number of benzene rings is 2. The number of methoxy groups -OCH3 is 1. The van der Waals surface area contributed by atoms with Gasteiger partial charge >= 0.3 is 5.69 Å². The summed E-state index contributed by atoms with van der Waals surface area (Å²) < 4.78 is 47.9. The molecule has 2 heterocycles.